The average molecular weight is 304 g/mol. The highest BCUT2D eigenvalue weighted by Crippen LogP contribution is 2.29. The molecule has 3 heterocycles. The molecule has 2 amide bonds. The molecular formula is C15H20N4O3. The number of hydrogen-bond donors (Lipinski definition) is 1. The van der Waals surface area contributed by atoms with Crippen LogP contribution in [0.15, 0.2) is 12.5 Å². The third-order valence-electron chi connectivity index (χ3n) is 4.20. The number of amides is 2. The molecule has 1 N–H and O–H groups in total. The molecule has 7 nitrogen and oxygen atoms in total. The van der Waals surface area contributed by atoms with Gasteiger partial charge in [-0.3, -0.25) is 4.79 Å². The van der Waals surface area contributed by atoms with E-state index in [1.165, 1.54) is 6.33 Å². The molecule has 22 heavy (non-hydrogen) atoms. The Morgan fingerprint density at radius 2 is 2.41 bits per heavy atom. The van der Waals surface area contributed by atoms with E-state index in [0.29, 0.717) is 25.2 Å². The maximum atomic E-state index is 12.8. The minimum atomic E-state index is -0.578. The Labute approximate surface area is 129 Å². The number of aryl methyl sites for hydroxylation is 1. The van der Waals surface area contributed by atoms with Crippen LogP contribution in [-0.4, -0.2) is 52.1 Å². The van der Waals surface area contributed by atoms with E-state index in [0.717, 1.165) is 31.4 Å². The van der Waals surface area contributed by atoms with E-state index < -0.39 is 11.7 Å². The molecule has 2 aliphatic rings. The molecule has 2 fully saturated rings. The van der Waals surface area contributed by atoms with Crippen LogP contribution in [0, 0.1) is 0 Å². The molecule has 0 bridgehead atoms. The Morgan fingerprint density at radius 1 is 1.55 bits per heavy atom. The number of hydrogen-bond acceptors (Lipinski definition) is 5. The first-order chi connectivity index (χ1) is 10.6. The summed E-state index contributed by atoms with van der Waals surface area (Å²) < 4.78 is 5.41. The van der Waals surface area contributed by atoms with Gasteiger partial charge in [0.25, 0.3) is 5.91 Å². The summed E-state index contributed by atoms with van der Waals surface area (Å²) in [5, 5.41) is 2.69. The van der Waals surface area contributed by atoms with Gasteiger partial charge in [-0.1, -0.05) is 13.3 Å². The Bertz CT molecular complexity index is 592. The Kier molecular flexibility index (Phi) is 3.96. The van der Waals surface area contributed by atoms with Crippen molar-refractivity contribution in [1.82, 2.24) is 20.2 Å². The smallest absolute Gasteiger partial charge is 0.407 e. The summed E-state index contributed by atoms with van der Waals surface area (Å²) in [6, 6.07) is 0. The second-order valence-corrected chi connectivity index (χ2v) is 5.89. The van der Waals surface area contributed by atoms with Crippen molar-refractivity contribution in [2.24, 2.45) is 0 Å². The zero-order chi connectivity index (χ0) is 15.6. The summed E-state index contributed by atoms with van der Waals surface area (Å²) in [6.45, 7) is 3.60. The first kappa shape index (κ1) is 14.7. The maximum Gasteiger partial charge on any atom is 0.407 e. The van der Waals surface area contributed by atoms with Crippen molar-refractivity contribution in [2.75, 3.05) is 19.6 Å². The number of likely N-dealkylation sites (tertiary alicyclic amines) is 1. The molecule has 1 atom stereocenters. The predicted molar refractivity (Wildman–Crippen MR) is 78.4 cm³/mol. The minimum Gasteiger partial charge on any atom is -0.439 e. The van der Waals surface area contributed by atoms with Gasteiger partial charge in [-0.05, 0) is 19.3 Å². The Balaban J connectivity index is 1.79. The second-order valence-electron chi connectivity index (χ2n) is 5.89. The van der Waals surface area contributed by atoms with E-state index in [9.17, 15) is 9.59 Å². The molecule has 1 spiro atoms. The van der Waals surface area contributed by atoms with Crippen LogP contribution in [0.4, 0.5) is 4.79 Å². The lowest BCUT2D eigenvalue weighted by molar-refractivity contribution is -0.00511. The molecule has 0 radical (unpaired) electrons. The van der Waals surface area contributed by atoms with Crippen LogP contribution in [0.25, 0.3) is 0 Å². The molecule has 0 aromatic carbocycles. The largest absolute Gasteiger partial charge is 0.439 e. The number of rotatable bonds is 3. The van der Waals surface area contributed by atoms with E-state index >= 15 is 0 Å². The van der Waals surface area contributed by atoms with Gasteiger partial charge in [0.1, 0.15) is 11.9 Å². The van der Waals surface area contributed by atoms with E-state index in [2.05, 4.69) is 22.2 Å². The molecule has 1 aromatic heterocycles. The fourth-order valence-electron chi connectivity index (χ4n) is 3.14. The van der Waals surface area contributed by atoms with Crippen LogP contribution in [0.5, 0.6) is 0 Å². The van der Waals surface area contributed by atoms with Gasteiger partial charge in [0.15, 0.2) is 0 Å². The standard InChI is InChI=1S/C15H20N4O3/c1-2-4-12-11(7-16-10-18-12)13(20)19-6-3-5-15(9-19)8-17-14(21)22-15/h7,10H,2-6,8-9H2,1H3,(H,17,21)/t15-/m0/s1. The van der Waals surface area contributed by atoms with Crippen molar-refractivity contribution in [3.05, 3.63) is 23.8 Å². The lowest BCUT2D eigenvalue weighted by Gasteiger charge is -2.38. The summed E-state index contributed by atoms with van der Waals surface area (Å²) in [5.41, 5.74) is 0.758. The molecule has 3 rings (SSSR count). The molecule has 0 saturated carbocycles. The molecule has 2 saturated heterocycles. The number of piperidine rings is 1. The molecule has 118 valence electrons. The highest BCUT2D eigenvalue weighted by Gasteiger charge is 2.45. The lowest BCUT2D eigenvalue weighted by atomic mass is 9.92. The van der Waals surface area contributed by atoms with Gasteiger partial charge in [0, 0.05) is 12.7 Å². The molecule has 2 aliphatic heterocycles. The summed E-state index contributed by atoms with van der Waals surface area (Å²) in [7, 11) is 0. The fourth-order valence-corrected chi connectivity index (χ4v) is 3.14. The monoisotopic (exact) mass is 304 g/mol. The third-order valence-corrected chi connectivity index (χ3v) is 4.20. The van der Waals surface area contributed by atoms with Crippen LogP contribution in [-0.2, 0) is 11.2 Å². The molecule has 1 aromatic rings. The number of ether oxygens (including phenoxy) is 1. The van der Waals surface area contributed by atoms with Gasteiger partial charge in [-0.25, -0.2) is 14.8 Å². The Hall–Kier alpha value is -2.18. The zero-order valence-corrected chi connectivity index (χ0v) is 12.7. The van der Waals surface area contributed by atoms with Crippen LogP contribution in [0.3, 0.4) is 0 Å². The van der Waals surface area contributed by atoms with Gasteiger partial charge in [-0.15, -0.1) is 0 Å². The van der Waals surface area contributed by atoms with E-state index in [4.69, 9.17) is 4.74 Å². The van der Waals surface area contributed by atoms with Crippen molar-refractivity contribution in [3.63, 3.8) is 0 Å². The van der Waals surface area contributed by atoms with Crippen molar-refractivity contribution in [2.45, 2.75) is 38.2 Å². The van der Waals surface area contributed by atoms with Gasteiger partial charge in [0.05, 0.1) is 24.3 Å². The second kappa shape index (κ2) is 5.90. The number of nitrogens with zero attached hydrogens (tertiary/aromatic N) is 3. The summed E-state index contributed by atoms with van der Waals surface area (Å²) in [5.74, 6) is -0.0777. The summed E-state index contributed by atoms with van der Waals surface area (Å²) >= 11 is 0. The van der Waals surface area contributed by atoms with Gasteiger partial charge < -0.3 is 15.0 Å². The fraction of sp³-hybridized carbons (Fsp3) is 0.600. The predicted octanol–water partition coefficient (Wildman–Crippen LogP) is 1.14. The van der Waals surface area contributed by atoms with Gasteiger partial charge in [0.2, 0.25) is 0 Å². The van der Waals surface area contributed by atoms with Crippen LogP contribution < -0.4 is 5.32 Å². The first-order valence-corrected chi connectivity index (χ1v) is 7.68. The SMILES string of the molecule is CCCc1ncncc1C(=O)N1CCC[C@]2(CNC(=O)O2)C1. The number of nitrogens with one attached hydrogen (secondary N) is 1. The number of aromatic nitrogens is 2. The number of carbonyl (C=O) groups excluding carboxylic acids is 2. The van der Waals surface area contributed by atoms with E-state index in [1.54, 1.807) is 11.1 Å². The lowest BCUT2D eigenvalue weighted by Crippen LogP contribution is -2.52. The maximum absolute atomic E-state index is 12.8. The zero-order valence-electron chi connectivity index (χ0n) is 12.7. The molecule has 0 unspecified atom stereocenters. The minimum absolute atomic E-state index is 0.0777. The molecular weight excluding hydrogens is 284 g/mol. The van der Waals surface area contributed by atoms with Gasteiger partial charge >= 0.3 is 6.09 Å². The normalized spacial score (nSPS) is 24.2. The Morgan fingerprint density at radius 3 is 3.14 bits per heavy atom. The van der Waals surface area contributed by atoms with Gasteiger partial charge in [-0.2, -0.15) is 0 Å². The quantitative estimate of drug-likeness (QED) is 0.905. The van der Waals surface area contributed by atoms with Crippen molar-refractivity contribution in [3.8, 4) is 0 Å². The average Bonchev–Trinajstić information content (AvgIpc) is 2.88. The third kappa shape index (κ3) is 2.75. The van der Waals surface area contributed by atoms with Crippen molar-refractivity contribution in [1.29, 1.82) is 0 Å². The van der Waals surface area contributed by atoms with Crippen LogP contribution >= 0.6 is 0 Å². The van der Waals surface area contributed by atoms with Crippen LogP contribution in [0.2, 0.25) is 0 Å². The first-order valence-electron chi connectivity index (χ1n) is 7.68. The van der Waals surface area contributed by atoms with Crippen LogP contribution in [0.1, 0.15) is 42.2 Å². The number of alkyl carbamates (subject to hydrolysis) is 1. The highest BCUT2D eigenvalue weighted by atomic mass is 16.6. The molecule has 7 heteroatoms. The highest BCUT2D eigenvalue weighted by molar-refractivity contribution is 5.95. The van der Waals surface area contributed by atoms with Crippen molar-refractivity contribution < 1.29 is 14.3 Å². The van der Waals surface area contributed by atoms with E-state index in [-0.39, 0.29) is 5.91 Å². The summed E-state index contributed by atoms with van der Waals surface area (Å²) in [6.07, 6.45) is 5.93. The molecule has 0 aliphatic carbocycles. The topological polar surface area (TPSA) is 84.4 Å². The van der Waals surface area contributed by atoms with E-state index in [1.807, 2.05) is 0 Å². The number of carbonyl (C=O) groups is 2. The summed E-state index contributed by atoms with van der Waals surface area (Å²) in [4.78, 5) is 34.1. The van der Waals surface area contributed by atoms with Crippen molar-refractivity contribution >= 4 is 12.0 Å².